The monoisotopic (exact) mass is 393 g/mol. The number of nitrogens with zero attached hydrogens (tertiary/aromatic N) is 2. The van der Waals surface area contributed by atoms with E-state index in [2.05, 4.69) is 60.5 Å². The summed E-state index contributed by atoms with van der Waals surface area (Å²) in [4.78, 5) is 16.5. The zero-order chi connectivity index (χ0) is 20.9. The van der Waals surface area contributed by atoms with Crippen molar-refractivity contribution in [3.8, 4) is 17.1 Å². The third-order valence-electron chi connectivity index (χ3n) is 4.71. The van der Waals surface area contributed by atoms with Gasteiger partial charge in [-0.3, -0.25) is 4.79 Å². The van der Waals surface area contributed by atoms with E-state index in [1.165, 1.54) is 5.56 Å². The third kappa shape index (κ3) is 5.67. The van der Waals surface area contributed by atoms with Crippen LogP contribution < -0.4 is 10.1 Å². The van der Waals surface area contributed by atoms with Gasteiger partial charge in [0.1, 0.15) is 5.75 Å². The van der Waals surface area contributed by atoms with Gasteiger partial charge in [0.05, 0.1) is 13.7 Å². The molecular formula is C23H27N3O3. The molecule has 0 aliphatic heterocycles. The van der Waals surface area contributed by atoms with E-state index in [4.69, 9.17) is 9.26 Å². The number of hydrogen-bond acceptors (Lipinski definition) is 5. The molecule has 0 saturated heterocycles. The Morgan fingerprint density at radius 2 is 1.76 bits per heavy atom. The van der Waals surface area contributed by atoms with Crippen molar-refractivity contribution in [1.82, 2.24) is 15.5 Å². The number of carbonyl (C=O) groups excluding carboxylic acids is 1. The molecule has 1 amide bonds. The molecule has 29 heavy (non-hydrogen) atoms. The van der Waals surface area contributed by atoms with E-state index in [1.54, 1.807) is 7.11 Å². The Morgan fingerprint density at radius 1 is 1.07 bits per heavy atom. The molecule has 0 radical (unpaired) electrons. The molecule has 152 valence electrons. The zero-order valence-electron chi connectivity index (χ0n) is 17.4. The molecule has 1 heterocycles. The van der Waals surface area contributed by atoms with Gasteiger partial charge in [-0.15, -0.1) is 0 Å². The maximum Gasteiger partial charge on any atom is 0.246 e. The number of ether oxygens (including phenoxy) is 1. The molecule has 0 aliphatic rings. The first-order valence-corrected chi connectivity index (χ1v) is 9.68. The predicted octanol–water partition coefficient (Wildman–Crippen LogP) is 4.29. The van der Waals surface area contributed by atoms with E-state index in [0.29, 0.717) is 24.6 Å². The van der Waals surface area contributed by atoms with Crippen molar-refractivity contribution in [2.45, 2.75) is 45.6 Å². The molecule has 0 fully saturated rings. The van der Waals surface area contributed by atoms with Crippen LogP contribution in [0.1, 0.15) is 44.2 Å². The van der Waals surface area contributed by atoms with Crippen LogP contribution in [0.2, 0.25) is 0 Å². The third-order valence-corrected chi connectivity index (χ3v) is 4.71. The van der Waals surface area contributed by atoms with E-state index in [0.717, 1.165) is 16.9 Å². The van der Waals surface area contributed by atoms with Gasteiger partial charge in [0.25, 0.3) is 0 Å². The Morgan fingerprint density at radius 3 is 2.38 bits per heavy atom. The van der Waals surface area contributed by atoms with Crippen LogP contribution in [0.5, 0.6) is 5.75 Å². The summed E-state index contributed by atoms with van der Waals surface area (Å²) in [6, 6.07) is 15.8. The van der Waals surface area contributed by atoms with Crippen molar-refractivity contribution < 1.29 is 14.1 Å². The van der Waals surface area contributed by atoms with Crippen LogP contribution in [-0.4, -0.2) is 23.2 Å². The molecule has 6 nitrogen and oxygen atoms in total. The second-order valence-electron chi connectivity index (χ2n) is 7.96. The lowest BCUT2D eigenvalue weighted by atomic mass is 9.86. The quantitative estimate of drug-likeness (QED) is 0.648. The lowest BCUT2D eigenvalue weighted by Gasteiger charge is -2.19. The van der Waals surface area contributed by atoms with Gasteiger partial charge < -0.3 is 14.6 Å². The summed E-state index contributed by atoms with van der Waals surface area (Å²) in [6.07, 6.45) is 1.10. The first-order chi connectivity index (χ1) is 13.8. The van der Waals surface area contributed by atoms with E-state index < -0.39 is 0 Å². The van der Waals surface area contributed by atoms with Crippen LogP contribution in [0.15, 0.2) is 53.1 Å². The van der Waals surface area contributed by atoms with Crippen LogP contribution in [0, 0.1) is 0 Å². The summed E-state index contributed by atoms with van der Waals surface area (Å²) < 4.78 is 10.4. The molecule has 2 aromatic carbocycles. The molecule has 0 aliphatic carbocycles. The number of amides is 1. The Balaban J connectivity index is 1.47. The van der Waals surface area contributed by atoms with Crippen LogP contribution in [0.4, 0.5) is 0 Å². The second-order valence-corrected chi connectivity index (χ2v) is 7.96. The van der Waals surface area contributed by atoms with Gasteiger partial charge >= 0.3 is 0 Å². The van der Waals surface area contributed by atoms with Crippen molar-refractivity contribution in [1.29, 1.82) is 0 Å². The molecule has 1 N–H and O–H groups in total. The highest BCUT2D eigenvalue weighted by molar-refractivity contribution is 5.76. The summed E-state index contributed by atoms with van der Waals surface area (Å²) in [5.41, 5.74) is 3.39. The first-order valence-electron chi connectivity index (χ1n) is 9.68. The fourth-order valence-electron chi connectivity index (χ4n) is 2.88. The van der Waals surface area contributed by atoms with Crippen LogP contribution in [0.3, 0.4) is 0 Å². The topological polar surface area (TPSA) is 77.3 Å². The average molecular weight is 393 g/mol. The average Bonchev–Trinajstić information content (AvgIpc) is 3.19. The standard InChI is InChI=1S/C23H27N3O3/c1-23(2,3)18-10-5-16(6-11-18)7-14-20(27)24-15-21-25-22(26-29-21)17-8-12-19(28-4)13-9-17/h5-6,8-13H,7,14-15H2,1-4H3,(H,24,27). The maximum absolute atomic E-state index is 12.1. The van der Waals surface area contributed by atoms with Crippen LogP contribution >= 0.6 is 0 Å². The minimum Gasteiger partial charge on any atom is -0.497 e. The van der Waals surface area contributed by atoms with Crippen molar-refractivity contribution >= 4 is 5.91 Å². The van der Waals surface area contributed by atoms with E-state index in [1.807, 2.05) is 24.3 Å². The van der Waals surface area contributed by atoms with Gasteiger partial charge in [-0.2, -0.15) is 4.98 Å². The predicted molar refractivity (Wildman–Crippen MR) is 112 cm³/mol. The minimum atomic E-state index is -0.0471. The van der Waals surface area contributed by atoms with Gasteiger partial charge in [0, 0.05) is 12.0 Å². The molecule has 0 unspecified atom stereocenters. The number of aryl methyl sites for hydroxylation is 1. The number of carbonyl (C=O) groups is 1. The lowest BCUT2D eigenvalue weighted by Crippen LogP contribution is -2.23. The largest absolute Gasteiger partial charge is 0.497 e. The summed E-state index contributed by atoms with van der Waals surface area (Å²) in [6.45, 7) is 6.78. The molecule has 3 aromatic rings. The summed E-state index contributed by atoms with van der Waals surface area (Å²) >= 11 is 0. The minimum absolute atomic E-state index is 0.0471. The van der Waals surface area contributed by atoms with E-state index in [9.17, 15) is 4.79 Å². The molecule has 1 aromatic heterocycles. The van der Waals surface area contributed by atoms with Crippen LogP contribution in [-0.2, 0) is 23.2 Å². The van der Waals surface area contributed by atoms with Crippen molar-refractivity contribution in [2.24, 2.45) is 0 Å². The second kappa shape index (κ2) is 8.90. The molecule has 0 bridgehead atoms. The SMILES string of the molecule is COc1ccc(-c2noc(CNC(=O)CCc3ccc(C(C)(C)C)cc3)n2)cc1. The van der Waals surface area contributed by atoms with Gasteiger partial charge in [-0.25, -0.2) is 0 Å². The van der Waals surface area contributed by atoms with Gasteiger partial charge in [-0.1, -0.05) is 50.2 Å². The summed E-state index contributed by atoms with van der Waals surface area (Å²) in [5, 5.41) is 6.80. The van der Waals surface area contributed by atoms with Gasteiger partial charge in [-0.05, 0) is 47.2 Å². The molecule has 3 rings (SSSR count). The maximum atomic E-state index is 12.1. The van der Waals surface area contributed by atoms with Crippen molar-refractivity contribution in [3.05, 3.63) is 65.5 Å². The molecule has 6 heteroatoms. The van der Waals surface area contributed by atoms with Gasteiger partial charge in [0.15, 0.2) is 0 Å². The number of hydrogen-bond donors (Lipinski definition) is 1. The smallest absolute Gasteiger partial charge is 0.246 e. The van der Waals surface area contributed by atoms with Crippen LogP contribution in [0.25, 0.3) is 11.4 Å². The summed E-state index contributed by atoms with van der Waals surface area (Å²) in [7, 11) is 1.62. The highest BCUT2D eigenvalue weighted by atomic mass is 16.5. The Hall–Kier alpha value is -3.15. The molecule has 0 saturated carbocycles. The number of benzene rings is 2. The number of rotatable bonds is 7. The lowest BCUT2D eigenvalue weighted by molar-refractivity contribution is -0.121. The molecule has 0 spiro atoms. The first kappa shape index (κ1) is 20.6. The van der Waals surface area contributed by atoms with Crippen molar-refractivity contribution in [3.63, 3.8) is 0 Å². The Kier molecular flexibility index (Phi) is 6.32. The zero-order valence-corrected chi connectivity index (χ0v) is 17.4. The van der Waals surface area contributed by atoms with Crippen molar-refractivity contribution in [2.75, 3.05) is 7.11 Å². The fraction of sp³-hybridized carbons (Fsp3) is 0.348. The van der Waals surface area contributed by atoms with E-state index in [-0.39, 0.29) is 17.9 Å². The number of methoxy groups -OCH3 is 1. The van der Waals surface area contributed by atoms with Gasteiger partial charge in [0.2, 0.25) is 17.6 Å². The summed E-state index contributed by atoms with van der Waals surface area (Å²) in [5.74, 6) is 1.57. The Labute approximate surface area is 171 Å². The highest BCUT2D eigenvalue weighted by Crippen LogP contribution is 2.22. The fourth-order valence-corrected chi connectivity index (χ4v) is 2.88. The number of nitrogens with one attached hydrogen (secondary N) is 1. The highest BCUT2D eigenvalue weighted by Gasteiger charge is 2.13. The number of aromatic nitrogens is 2. The Bertz CT molecular complexity index is 939. The van der Waals surface area contributed by atoms with E-state index >= 15 is 0 Å². The normalized spacial score (nSPS) is 11.3. The molecule has 0 atom stereocenters. The molecular weight excluding hydrogens is 366 g/mol.